The smallest absolute Gasteiger partial charge is 0.273 e. The third-order valence-electron chi connectivity index (χ3n) is 4.27. The Kier molecular flexibility index (Phi) is 7.19. The van der Waals surface area contributed by atoms with Gasteiger partial charge >= 0.3 is 0 Å². The average Bonchev–Trinajstić information content (AvgIpc) is 3.44. The Morgan fingerprint density at radius 2 is 1.30 bits per heavy atom. The summed E-state index contributed by atoms with van der Waals surface area (Å²) < 4.78 is 2.82. The second-order valence-electron chi connectivity index (χ2n) is 6.67. The van der Waals surface area contributed by atoms with Crippen LogP contribution in [-0.2, 0) is 0 Å². The van der Waals surface area contributed by atoms with Crippen molar-refractivity contribution in [3.05, 3.63) is 42.0 Å². The SMILES string of the molecule is CCCCNC(=O)c1cn(-c2cccc(-n3cc(C(=O)NCCCC)nn3)n2)nn1. The second-order valence-corrected chi connectivity index (χ2v) is 6.67. The number of carbonyl (C=O) groups excluding carboxylic acids is 2. The quantitative estimate of drug-likeness (QED) is 0.481. The number of amides is 2. The molecule has 3 heterocycles. The maximum Gasteiger partial charge on any atom is 0.273 e. The zero-order chi connectivity index (χ0) is 21.3. The Bertz CT molecular complexity index is 920. The first-order valence-corrected chi connectivity index (χ1v) is 10.0. The van der Waals surface area contributed by atoms with Crippen molar-refractivity contribution in [1.29, 1.82) is 0 Å². The molecule has 2 amide bonds. The Hall–Kier alpha value is -3.63. The first kappa shape index (κ1) is 21.1. The van der Waals surface area contributed by atoms with Gasteiger partial charge in [-0.15, -0.1) is 10.2 Å². The van der Waals surface area contributed by atoms with Gasteiger partial charge in [0.1, 0.15) is 0 Å². The molecule has 0 aromatic carbocycles. The fraction of sp³-hybridized carbons (Fsp3) is 0.421. The summed E-state index contributed by atoms with van der Waals surface area (Å²) in [6.07, 6.45) is 6.82. The van der Waals surface area contributed by atoms with E-state index in [-0.39, 0.29) is 23.2 Å². The summed E-state index contributed by atoms with van der Waals surface area (Å²) in [4.78, 5) is 28.7. The minimum Gasteiger partial charge on any atom is -0.351 e. The number of rotatable bonds is 10. The molecule has 0 unspecified atom stereocenters. The highest BCUT2D eigenvalue weighted by atomic mass is 16.2. The first-order chi connectivity index (χ1) is 14.6. The standard InChI is InChI=1S/C19H25N9O2/c1-3-5-10-20-18(29)14-12-27(25-23-14)16-8-7-9-17(22-16)28-13-15(24-26-28)19(30)21-11-6-4-2/h7-9,12-13H,3-6,10-11H2,1-2H3,(H,20,29)(H,21,30). The third kappa shape index (κ3) is 5.25. The molecule has 0 saturated carbocycles. The van der Waals surface area contributed by atoms with Gasteiger partial charge in [-0.05, 0) is 25.0 Å². The Labute approximate surface area is 173 Å². The molecule has 158 valence electrons. The van der Waals surface area contributed by atoms with Crippen molar-refractivity contribution in [3.8, 4) is 11.6 Å². The van der Waals surface area contributed by atoms with Crippen LogP contribution in [0.3, 0.4) is 0 Å². The summed E-state index contributed by atoms with van der Waals surface area (Å²) in [5.41, 5.74) is 0.426. The summed E-state index contributed by atoms with van der Waals surface area (Å²) in [6, 6.07) is 5.22. The predicted octanol–water partition coefficient (Wildman–Crippen LogP) is 1.30. The van der Waals surface area contributed by atoms with Crippen LogP contribution >= 0.6 is 0 Å². The van der Waals surface area contributed by atoms with Gasteiger partial charge in [-0.25, -0.2) is 14.3 Å². The molecule has 0 saturated heterocycles. The van der Waals surface area contributed by atoms with Gasteiger partial charge in [0, 0.05) is 13.1 Å². The van der Waals surface area contributed by atoms with Crippen molar-refractivity contribution in [3.63, 3.8) is 0 Å². The molecule has 0 radical (unpaired) electrons. The number of unbranched alkanes of at least 4 members (excludes halogenated alkanes) is 2. The molecule has 0 bridgehead atoms. The Balaban J connectivity index is 1.71. The lowest BCUT2D eigenvalue weighted by molar-refractivity contribution is 0.0940. The summed E-state index contributed by atoms with van der Waals surface area (Å²) >= 11 is 0. The van der Waals surface area contributed by atoms with Crippen LogP contribution in [0.15, 0.2) is 30.6 Å². The Morgan fingerprint density at radius 3 is 1.73 bits per heavy atom. The van der Waals surface area contributed by atoms with Crippen LogP contribution in [0.2, 0.25) is 0 Å². The zero-order valence-electron chi connectivity index (χ0n) is 17.1. The van der Waals surface area contributed by atoms with E-state index in [0.717, 1.165) is 25.7 Å². The maximum absolute atomic E-state index is 12.1. The molecular weight excluding hydrogens is 386 g/mol. The summed E-state index contributed by atoms with van der Waals surface area (Å²) in [5.74, 6) is 0.357. The van der Waals surface area contributed by atoms with Crippen LogP contribution in [0.4, 0.5) is 0 Å². The zero-order valence-corrected chi connectivity index (χ0v) is 17.1. The molecule has 11 heteroatoms. The average molecular weight is 411 g/mol. The van der Waals surface area contributed by atoms with Crippen LogP contribution in [0.5, 0.6) is 0 Å². The summed E-state index contributed by atoms with van der Waals surface area (Å²) in [7, 11) is 0. The molecule has 0 aliphatic carbocycles. The molecule has 0 aliphatic rings. The van der Waals surface area contributed by atoms with E-state index in [1.807, 2.05) is 0 Å². The van der Waals surface area contributed by atoms with Gasteiger partial charge in [0.25, 0.3) is 11.8 Å². The number of aromatic nitrogens is 7. The van der Waals surface area contributed by atoms with Crippen LogP contribution < -0.4 is 10.6 Å². The molecule has 11 nitrogen and oxygen atoms in total. The second kappa shape index (κ2) is 10.2. The minimum atomic E-state index is -0.277. The number of hydrogen-bond donors (Lipinski definition) is 2. The third-order valence-corrected chi connectivity index (χ3v) is 4.27. The van der Waals surface area contributed by atoms with E-state index >= 15 is 0 Å². The molecule has 3 aromatic heterocycles. The number of hydrogen-bond acceptors (Lipinski definition) is 7. The number of nitrogens with zero attached hydrogens (tertiary/aromatic N) is 7. The minimum absolute atomic E-state index is 0.213. The molecule has 0 aliphatic heterocycles. The maximum atomic E-state index is 12.1. The van der Waals surface area contributed by atoms with Gasteiger partial charge in [0.2, 0.25) is 0 Å². The molecule has 3 rings (SSSR count). The van der Waals surface area contributed by atoms with Gasteiger partial charge in [0.15, 0.2) is 23.0 Å². The highest BCUT2D eigenvalue weighted by Crippen LogP contribution is 2.09. The van der Waals surface area contributed by atoms with Crippen molar-refractivity contribution < 1.29 is 9.59 Å². The molecular formula is C19H25N9O2. The lowest BCUT2D eigenvalue weighted by Crippen LogP contribution is -2.24. The number of carbonyl (C=O) groups is 2. The van der Waals surface area contributed by atoms with E-state index in [1.165, 1.54) is 21.8 Å². The van der Waals surface area contributed by atoms with E-state index in [1.54, 1.807) is 18.2 Å². The van der Waals surface area contributed by atoms with Gasteiger partial charge in [-0.1, -0.05) is 43.2 Å². The predicted molar refractivity (Wildman–Crippen MR) is 109 cm³/mol. The molecule has 3 aromatic rings. The van der Waals surface area contributed by atoms with Crippen molar-refractivity contribution in [1.82, 2.24) is 45.6 Å². The number of pyridine rings is 1. The van der Waals surface area contributed by atoms with Gasteiger partial charge in [-0.3, -0.25) is 9.59 Å². The lowest BCUT2D eigenvalue weighted by Gasteiger charge is -2.03. The van der Waals surface area contributed by atoms with Gasteiger partial charge in [0.05, 0.1) is 12.4 Å². The van der Waals surface area contributed by atoms with E-state index < -0.39 is 0 Å². The molecule has 30 heavy (non-hydrogen) atoms. The van der Waals surface area contributed by atoms with Gasteiger partial charge < -0.3 is 10.6 Å². The van der Waals surface area contributed by atoms with Crippen LogP contribution in [-0.4, -0.2) is 59.9 Å². The van der Waals surface area contributed by atoms with Crippen molar-refractivity contribution in [2.45, 2.75) is 39.5 Å². The van der Waals surface area contributed by atoms with Crippen molar-refractivity contribution in [2.75, 3.05) is 13.1 Å². The van der Waals surface area contributed by atoms with Crippen LogP contribution in [0, 0.1) is 0 Å². The van der Waals surface area contributed by atoms with E-state index in [0.29, 0.717) is 24.7 Å². The molecule has 0 spiro atoms. The fourth-order valence-corrected chi connectivity index (χ4v) is 2.57. The first-order valence-electron chi connectivity index (χ1n) is 10.0. The van der Waals surface area contributed by atoms with E-state index in [2.05, 4.69) is 50.1 Å². The topological polar surface area (TPSA) is 133 Å². The molecule has 0 atom stereocenters. The van der Waals surface area contributed by atoms with Gasteiger partial charge in [-0.2, -0.15) is 0 Å². The molecule has 0 fully saturated rings. The molecule has 2 N–H and O–H groups in total. The van der Waals surface area contributed by atoms with E-state index in [4.69, 9.17) is 0 Å². The number of nitrogens with one attached hydrogen (secondary N) is 2. The van der Waals surface area contributed by atoms with Crippen molar-refractivity contribution in [2.24, 2.45) is 0 Å². The fourth-order valence-electron chi connectivity index (χ4n) is 2.57. The largest absolute Gasteiger partial charge is 0.351 e. The monoisotopic (exact) mass is 411 g/mol. The highest BCUT2D eigenvalue weighted by Gasteiger charge is 2.14. The lowest BCUT2D eigenvalue weighted by atomic mass is 10.3. The van der Waals surface area contributed by atoms with Crippen molar-refractivity contribution >= 4 is 11.8 Å². The van der Waals surface area contributed by atoms with Crippen LogP contribution in [0.25, 0.3) is 11.6 Å². The van der Waals surface area contributed by atoms with Crippen LogP contribution in [0.1, 0.15) is 60.5 Å². The normalized spacial score (nSPS) is 10.7. The Morgan fingerprint density at radius 1 is 0.833 bits per heavy atom. The summed E-state index contributed by atoms with van der Waals surface area (Å²) in [5, 5.41) is 21.4. The van der Waals surface area contributed by atoms with E-state index in [9.17, 15) is 9.59 Å². The summed E-state index contributed by atoms with van der Waals surface area (Å²) in [6.45, 7) is 5.29. The highest BCUT2D eigenvalue weighted by molar-refractivity contribution is 5.92.